The first kappa shape index (κ1) is 20.2. The number of hydrogen-bond acceptors (Lipinski definition) is 4. The maximum atomic E-state index is 13.2. The molecule has 0 saturated heterocycles. The number of rotatable bonds is 5. The van der Waals surface area contributed by atoms with Gasteiger partial charge in [0.2, 0.25) is 0 Å². The van der Waals surface area contributed by atoms with Crippen LogP contribution in [0.15, 0.2) is 78.9 Å². The summed E-state index contributed by atoms with van der Waals surface area (Å²) in [5.41, 5.74) is 4.61. The number of anilines is 2. The van der Waals surface area contributed by atoms with Crippen LogP contribution in [0.4, 0.5) is 11.4 Å². The molecule has 2 N–H and O–H groups in total. The second-order valence-electron chi connectivity index (χ2n) is 8.18. The van der Waals surface area contributed by atoms with Crippen LogP contribution in [0.3, 0.4) is 0 Å². The lowest BCUT2D eigenvalue weighted by molar-refractivity contribution is 0.102. The highest BCUT2D eigenvalue weighted by Crippen LogP contribution is 2.51. The van der Waals surface area contributed by atoms with Crippen LogP contribution >= 0.6 is 0 Å². The van der Waals surface area contributed by atoms with Crippen LogP contribution in [-0.2, 0) is 0 Å². The Hall–Kier alpha value is -3.73. The molecule has 0 fully saturated rings. The highest BCUT2D eigenvalue weighted by atomic mass is 16.5. The zero-order valence-electron chi connectivity index (χ0n) is 18.2. The van der Waals surface area contributed by atoms with Gasteiger partial charge in [0.25, 0.3) is 5.91 Å². The highest BCUT2D eigenvalue weighted by molar-refractivity contribution is 6.08. The maximum absolute atomic E-state index is 13.2. The summed E-state index contributed by atoms with van der Waals surface area (Å²) in [5.74, 6) is 1.92. The third-order valence-electron chi connectivity index (χ3n) is 6.44. The Morgan fingerprint density at radius 2 is 1.78 bits per heavy atom. The molecule has 3 unspecified atom stereocenters. The number of nitrogens with one attached hydrogen (secondary N) is 2. The van der Waals surface area contributed by atoms with Gasteiger partial charge in [-0.15, -0.1) is 0 Å². The predicted octanol–water partition coefficient (Wildman–Crippen LogP) is 5.78. The Bertz CT molecular complexity index is 1170. The van der Waals surface area contributed by atoms with E-state index in [-0.39, 0.29) is 17.9 Å². The number of ether oxygens (including phenoxy) is 2. The number of hydrogen-bond donors (Lipinski definition) is 2. The number of allylic oxidation sites excluding steroid dienone is 2. The first-order chi connectivity index (χ1) is 15.7. The number of carbonyl (C=O) groups excluding carboxylic acids is 1. The van der Waals surface area contributed by atoms with Gasteiger partial charge < -0.3 is 20.1 Å². The van der Waals surface area contributed by atoms with Crippen molar-refractivity contribution in [1.29, 1.82) is 0 Å². The van der Waals surface area contributed by atoms with E-state index >= 15 is 0 Å². The maximum Gasteiger partial charge on any atom is 0.257 e. The zero-order valence-corrected chi connectivity index (χ0v) is 18.2. The van der Waals surface area contributed by atoms with Crippen molar-refractivity contribution in [3.8, 4) is 11.5 Å². The smallest absolute Gasteiger partial charge is 0.257 e. The Morgan fingerprint density at radius 3 is 2.56 bits per heavy atom. The van der Waals surface area contributed by atoms with Gasteiger partial charge in [0, 0.05) is 11.6 Å². The second-order valence-corrected chi connectivity index (χ2v) is 8.18. The topological polar surface area (TPSA) is 59.6 Å². The van der Waals surface area contributed by atoms with E-state index in [4.69, 9.17) is 9.47 Å². The second kappa shape index (κ2) is 8.42. The minimum atomic E-state index is -0.118. The molecule has 0 saturated carbocycles. The summed E-state index contributed by atoms with van der Waals surface area (Å²) in [6.07, 6.45) is 5.50. The fourth-order valence-corrected chi connectivity index (χ4v) is 4.91. The molecule has 0 spiro atoms. The Balaban J connectivity index is 1.53. The number of para-hydroxylation sites is 2. The molecule has 3 aromatic rings. The standard InChI is InChI=1S/C27H26N2O3/c1-31-23-15-14-17(16-24(23)32-2)25-20-11-6-10-19(20)21-12-7-13-22(26(21)29-25)27(30)28-18-8-4-3-5-9-18/h3-10,12-16,19-20,25,29H,11H2,1-2H3,(H,28,30). The molecule has 32 heavy (non-hydrogen) atoms. The molecular weight excluding hydrogens is 400 g/mol. The van der Waals surface area contributed by atoms with E-state index < -0.39 is 0 Å². The summed E-state index contributed by atoms with van der Waals surface area (Å²) in [6, 6.07) is 21.6. The minimum absolute atomic E-state index is 0.0491. The van der Waals surface area contributed by atoms with Crippen molar-refractivity contribution in [2.75, 3.05) is 24.9 Å². The molecule has 162 valence electrons. The van der Waals surface area contributed by atoms with Gasteiger partial charge in [-0.25, -0.2) is 0 Å². The van der Waals surface area contributed by atoms with E-state index in [2.05, 4.69) is 34.9 Å². The fourth-order valence-electron chi connectivity index (χ4n) is 4.91. The van der Waals surface area contributed by atoms with Gasteiger partial charge in [0.15, 0.2) is 11.5 Å². The molecule has 5 nitrogen and oxygen atoms in total. The van der Waals surface area contributed by atoms with Gasteiger partial charge in [-0.05, 0) is 53.8 Å². The molecule has 2 aliphatic rings. The molecule has 0 aromatic heterocycles. The van der Waals surface area contributed by atoms with Crippen molar-refractivity contribution in [3.05, 3.63) is 95.6 Å². The van der Waals surface area contributed by atoms with Gasteiger partial charge in [-0.2, -0.15) is 0 Å². The van der Waals surface area contributed by atoms with E-state index in [9.17, 15) is 4.79 Å². The zero-order chi connectivity index (χ0) is 22.1. The van der Waals surface area contributed by atoms with Crippen molar-refractivity contribution in [3.63, 3.8) is 0 Å². The van der Waals surface area contributed by atoms with Crippen LogP contribution < -0.4 is 20.1 Å². The van der Waals surface area contributed by atoms with Gasteiger partial charge in [-0.3, -0.25) is 4.79 Å². The van der Waals surface area contributed by atoms with Gasteiger partial charge >= 0.3 is 0 Å². The molecule has 5 rings (SSSR count). The largest absolute Gasteiger partial charge is 0.493 e. The van der Waals surface area contributed by atoms with Crippen LogP contribution in [0.25, 0.3) is 0 Å². The van der Waals surface area contributed by atoms with E-state index in [1.165, 1.54) is 5.56 Å². The highest BCUT2D eigenvalue weighted by Gasteiger charge is 2.39. The number of carbonyl (C=O) groups is 1. The quantitative estimate of drug-likeness (QED) is 0.508. The van der Waals surface area contributed by atoms with Crippen molar-refractivity contribution >= 4 is 17.3 Å². The molecule has 1 amide bonds. The average molecular weight is 427 g/mol. The van der Waals surface area contributed by atoms with Crippen LogP contribution in [0, 0.1) is 5.92 Å². The summed E-state index contributed by atoms with van der Waals surface area (Å²) in [7, 11) is 3.29. The van der Waals surface area contributed by atoms with Crippen molar-refractivity contribution in [2.45, 2.75) is 18.4 Å². The van der Waals surface area contributed by atoms with E-state index in [1.54, 1.807) is 14.2 Å². The van der Waals surface area contributed by atoms with Gasteiger partial charge in [0.1, 0.15) is 0 Å². The van der Waals surface area contributed by atoms with Crippen molar-refractivity contribution in [2.24, 2.45) is 5.92 Å². The summed E-state index contributed by atoms with van der Waals surface area (Å²) in [4.78, 5) is 13.2. The Labute approximate surface area is 188 Å². The third-order valence-corrected chi connectivity index (χ3v) is 6.44. The molecule has 1 aliphatic carbocycles. The van der Waals surface area contributed by atoms with Crippen molar-refractivity contribution < 1.29 is 14.3 Å². The van der Waals surface area contributed by atoms with Crippen LogP contribution in [0.1, 0.15) is 39.9 Å². The van der Waals surface area contributed by atoms with Crippen LogP contribution in [0.2, 0.25) is 0 Å². The van der Waals surface area contributed by atoms with Crippen LogP contribution in [-0.4, -0.2) is 20.1 Å². The number of fused-ring (bicyclic) bond motifs is 3. The average Bonchev–Trinajstić information content (AvgIpc) is 3.33. The third kappa shape index (κ3) is 3.50. The van der Waals surface area contributed by atoms with E-state index in [1.807, 2.05) is 54.6 Å². The monoisotopic (exact) mass is 426 g/mol. The molecule has 3 aromatic carbocycles. The summed E-state index contributed by atoms with van der Waals surface area (Å²) >= 11 is 0. The molecule has 1 aliphatic heterocycles. The summed E-state index contributed by atoms with van der Waals surface area (Å²) in [5, 5.41) is 6.73. The van der Waals surface area contributed by atoms with E-state index in [0.717, 1.165) is 23.4 Å². The first-order valence-corrected chi connectivity index (χ1v) is 10.8. The first-order valence-electron chi connectivity index (χ1n) is 10.8. The SMILES string of the molecule is COc1ccc(C2Nc3c(C(=O)Nc4ccccc4)cccc3C3C=CCC32)cc1OC. The molecule has 1 heterocycles. The van der Waals surface area contributed by atoms with Gasteiger partial charge in [0.05, 0.1) is 31.5 Å². The molecule has 0 radical (unpaired) electrons. The van der Waals surface area contributed by atoms with Gasteiger partial charge in [-0.1, -0.05) is 48.6 Å². The number of methoxy groups -OCH3 is 2. The lowest BCUT2D eigenvalue weighted by Crippen LogP contribution is -2.31. The lowest BCUT2D eigenvalue weighted by Gasteiger charge is -2.38. The minimum Gasteiger partial charge on any atom is -0.493 e. The van der Waals surface area contributed by atoms with E-state index in [0.29, 0.717) is 23.0 Å². The number of amides is 1. The molecule has 0 bridgehead atoms. The number of benzene rings is 3. The van der Waals surface area contributed by atoms with Crippen LogP contribution in [0.5, 0.6) is 11.5 Å². The molecule has 3 atom stereocenters. The summed E-state index contributed by atoms with van der Waals surface area (Å²) in [6.45, 7) is 0. The predicted molar refractivity (Wildman–Crippen MR) is 127 cm³/mol. The Morgan fingerprint density at radius 1 is 0.969 bits per heavy atom. The fraction of sp³-hybridized carbons (Fsp3) is 0.222. The van der Waals surface area contributed by atoms with Crippen molar-refractivity contribution in [1.82, 2.24) is 0 Å². The normalized spacial score (nSPS) is 20.6. The Kier molecular flexibility index (Phi) is 5.31. The lowest BCUT2D eigenvalue weighted by atomic mass is 9.76. The molecule has 5 heteroatoms. The summed E-state index contributed by atoms with van der Waals surface area (Å²) < 4.78 is 11.0. The molecular formula is C27H26N2O3.